The van der Waals surface area contributed by atoms with E-state index in [1.165, 1.54) is 5.56 Å². The van der Waals surface area contributed by atoms with Gasteiger partial charge in [-0.15, -0.1) is 0 Å². The molecule has 0 saturated carbocycles. The minimum Gasteiger partial charge on any atom is -0.322 e. The van der Waals surface area contributed by atoms with Crippen LogP contribution in [0.15, 0.2) is 61.1 Å². The molecule has 0 unspecified atom stereocenters. The number of carbonyl (C=O) groups excluding carboxylic acids is 1. The molecule has 29 heavy (non-hydrogen) atoms. The maximum atomic E-state index is 12.5. The predicted octanol–water partition coefficient (Wildman–Crippen LogP) is 3.81. The number of pyridine rings is 1. The minimum absolute atomic E-state index is 0.175. The van der Waals surface area contributed by atoms with Crippen LogP contribution in [0.1, 0.15) is 46.2 Å². The molecule has 4 rings (SSSR count). The highest BCUT2D eigenvalue weighted by atomic mass is 16.1. The largest absolute Gasteiger partial charge is 0.322 e. The highest BCUT2D eigenvalue weighted by Crippen LogP contribution is 2.26. The number of likely N-dealkylation sites (tertiary alicyclic amines) is 1. The first-order valence-corrected chi connectivity index (χ1v) is 10.0. The summed E-state index contributed by atoms with van der Waals surface area (Å²) in [6.45, 7) is 4.83. The normalized spacial score (nSPS) is 15.2. The lowest BCUT2D eigenvalue weighted by atomic mass is 9.95. The van der Waals surface area contributed by atoms with Gasteiger partial charge in [-0.1, -0.05) is 24.3 Å². The molecule has 0 spiro atoms. The molecule has 2 aromatic heterocycles. The second-order valence-electron chi connectivity index (χ2n) is 7.46. The van der Waals surface area contributed by atoms with Crippen molar-refractivity contribution in [2.75, 3.05) is 18.4 Å². The van der Waals surface area contributed by atoms with Crippen LogP contribution in [0.3, 0.4) is 0 Å². The molecule has 1 saturated heterocycles. The molecule has 1 aliphatic rings. The Bertz CT molecular complexity index is 954. The van der Waals surface area contributed by atoms with Gasteiger partial charge in [0.25, 0.3) is 5.91 Å². The fraction of sp³-hybridized carbons (Fsp3) is 0.304. The monoisotopic (exact) mass is 387 g/mol. The van der Waals surface area contributed by atoms with Crippen LogP contribution >= 0.6 is 0 Å². The van der Waals surface area contributed by atoms with Gasteiger partial charge in [-0.25, -0.2) is 9.97 Å². The fourth-order valence-electron chi connectivity index (χ4n) is 3.72. The maximum Gasteiger partial charge on any atom is 0.259 e. The Morgan fingerprint density at radius 1 is 1.10 bits per heavy atom. The van der Waals surface area contributed by atoms with E-state index in [-0.39, 0.29) is 5.91 Å². The van der Waals surface area contributed by atoms with Crippen molar-refractivity contribution >= 4 is 11.6 Å². The van der Waals surface area contributed by atoms with Crippen LogP contribution in [0.5, 0.6) is 0 Å². The summed E-state index contributed by atoms with van der Waals surface area (Å²) in [5.74, 6) is 1.01. The summed E-state index contributed by atoms with van der Waals surface area (Å²) in [6, 6.07) is 13.5. The molecule has 1 aliphatic heterocycles. The zero-order chi connectivity index (χ0) is 20.1. The number of aromatic nitrogens is 3. The average molecular weight is 387 g/mol. The topological polar surface area (TPSA) is 71.0 Å². The third-order valence-electron chi connectivity index (χ3n) is 5.36. The Hall–Kier alpha value is -3.12. The number of anilines is 1. The van der Waals surface area contributed by atoms with Crippen LogP contribution in [-0.4, -0.2) is 38.8 Å². The van der Waals surface area contributed by atoms with Gasteiger partial charge in [0, 0.05) is 36.7 Å². The molecule has 0 atom stereocenters. The van der Waals surface area contributed by atoms with Gasteiger partial charge in [0.2, 0.25) is 0 Å². The summed E-state index contributed by atoms with van der Waals surface area (Å²) in [7, 11) is 0. The van der Waals surface area contributed by atoms with E-state index in [4.69, 9.17) is 0 Å². The molecular weight excluding hydrogens is 362 g/mol. The van der Waals surface area contributed by atoms with Gasteiger partial charge in [-0.05, 0) is 56.6 Å². The minimum atomic E-state index is -0.175. The smallest absolute Gasteiger partial charge is 0.259 e. The number of aryl methyl sites for hydroxylation is 1. The Labute approximate surface area is 171 Å². The summed E-state index contributed by atoms with van der Waals surface area (Å²) < 4.78 is 0. The fourth-order valence-corrected chi connectivity index (χ4v) is 3.72. The number of carbonyl (C=O) groups is 1. The highest BCUT2D eigenvalue weighted by molar-refractivity contribution is 6.04. The van der Waals surface area contributed by atoms with Gasteiger partial charge in [0.1, 0.15) is 5.82 Å². The number of nitrogens with one attached hydrogen (secondary N) is 1. The first-order chi connectivity index (χ1) is 14.2. The van der Waals surface area contributed by atoms with Crippen molar-refractivity contribution in [1.82, 2.24) is 19.9 Å². The van der Waals surface area contributed by atoms with E-state index in [0.29, 0.717) is 11.5 Å². The lowest BCUT2D eigenvalue weighted by Gasteiger charge is -2.31. The number of amides is 1. The first-order valence-electron chi connectivity index (χ1n) is 10.0. The molecule has 0 bridgehead atoms. The van der Waals surface area contributed by atoms with Gasteiger partial charge in [0.15, 0.2) is 0 Å². The van der Waals surface area contributed by atoms with Crippen molar-refractivity contribution in [3.8, 4) is 0 Å². The average Bonchev–Trinajstić information content (AvgIpc) is 2.75. The third-order valence-corrected chi connectivity index (χ3v) is 5.36. The van der Waals surface area contributed by atoms with Crippen LogP contribution in [0, 0.1) is 6.92 Å². The molecular formula is C23H25N5O. The van der Waals surface area contributed by atoms with E-state index in [9.17, 15) is 4.79 Å². The van der Waals surface area contributed by atoms with Gasteiger partial charge in [0.05, 0.1) is 11.3 Å². The lowest BCUT2D eigenvalue weighted by Crippen LogP contribution is -2.33. The number of hydrogen-bond acceptors (Lipinski definition) is 5. The molecule has 6 heteroatoms. The first kappa shape index (κ1) is 19.2. The standard InChI is InChI=1S/C23H25N5O/c1-17-21(23(29)27-20-7-3-2-4-8-20)15-25-22(26-17)19-9-12-28(13-10-19)16-18-6-5-11-24-14-18/h2-8,11,14-15,19H,9-10,12-13,16H2,1H3,(H,27,29). The zero-order valence-electron chi connectivity index (χ0n) is 16.6. The number of nitrogens with zero attached hydrogens (tertiary/aromatic N) is 4. The Balaban J connectivity index is 1.36. The summed E-state index contributed by atoms with van der Waals surface area (Å²) in [5.41, 5.74) is 3.25. The second-order valence-corrected chi connectivity index (χ2v) is 7.46. The molecule has 0 radical (unpaired) electrons. The molecule has 1 amide bonds. The summed E-state index contributed by atoms with van der Waals surface area (Å²) in [5, 5.41) is 2.90. The quantitative estimate of drug-likeness (QED) is 0.721. The van der Waals surface area contributed by atoms with Crippen LogP contribution in [0.4, 0.5) is 5.69 Å². The molecule has 1 N–H and O–H groups in total. The Morgan fingerprint density at radius 3 is 2.59 bits per heavy atom. The maximum absolute atomic E-state index is 12.5. The molecule has 148 valence electrons. The van der Waals surface area contributed by atoms with E-state index in [2.05, 4.69) is 31.2 Å². The molecule has 6 nitrogen and oxygen atoms in total. The van der Waals surface area contributed by atoms with E-state index in [1.807, 2.05) is 49.5 Å². The zero-order valence-corrected chi connectivity index (χ0v) is 16.6. The summed E-state index contributed by atoms with van der Waals surface area (Å²) in [6.07, 6.45) is 7.44. The van der Waals surface area contributed by atoms with Crippen molar-refractivity contribution < 1.29 is 4.79 Å². The summed E-state index contributed by atoms with van der Waals surface area (Å²) >= 11 is 0. The van der Waals surface area contributed by atoms with Crippen molar-refractivity contribution in [3.63, 3.8) is 0 Å². The number of hydrogen-bond donors (Lipinski definition) is 1. The molecule has 3 aromatic rings. The molecule has 3 heterocycles. The van der Waals surface area contributed by atoms with Crippen molar-refractivity contribution in [3.05, 3.63) is 83.7 Å². The van der Waals surface area contributed by atoms with E-state index in [0.717, 1.165) is 49.7 Å². The van der Waals surface area contributed by atoms with Crippen LogP contribution < -0.4 is 5.32 Å². The highest BCUT2D eigenvalue weighted by Gasteiger charge is 2.24. The van der Waals surface area contributed by atoms with Crippen LogP contribution in [-0.2, 0) is 6.54 Å². The number of benzene rings is 1. The van der Waals surface area contributed by atoms with E-state index < -0.39 is 0 Å². The molecule has 1 aromatic carbocycles. The Kier molecular flexibility index (Phi) is 5.91. The van der Waals surface area contributed by atoms with Crippen LogP contribution in [0.2, 0.25) is 0 Å². The summed E-state index contributed by atoms with van der Waals surface area (Å²) in [4.78, 5) is 28.4. The van der Waals surface area contributed by atoms with Crippen molar-refractivity contribution in [2.45, 2.75) is 32.2 Å². The molecule has 0 aliphatic carbocycles. The number of rotatable bonds is 5. The van der Waals surface area contributed by atoms with Gasteiger partial charge >= 0.3 is 0 Å². The number of piperidine rings is 1. The molecule has 1 fully saturated rings. The van der Waals surface area contributed by atoms with Gasteiger partial charge in [-0.2, -0.15) is 0 Å². The van der Waals surface area contributed by atoms with Crippen molar-refractivity contribution in [1.29, 1.82) is 0 Å². The number of para-hydroxylation sites is 1. The third kappa shape index (κ3) is 4.84. The van der Waals surface area contributed by atoms with Gasteiger partial charge < -0.3 is 5.32 Å². The predicted molar refractivity (Wildman–Crippen MR) is 113 cm³/mol. The second kappa shape index (κ2) is 8.92. The van der Waals surface area contributed by atoms with Crippen LogP contribution in [0.25, 0.3) is 0 Å². The lowest BCUT2D eigenvalue weighted by molar-refractivity contribution is 0.102. The van der Waals surface area contributed by atoms with Crippen molar-refractivity contribution in [2.24, 2.45) is 0 Å². The van der Waals surface area contributed by atoms with E-state index >= 15 is 0 Å². The van der Waals surface area contributed by atoms with E-state index in [1.54, 1.807) is 12.4 Å². The Morgan fingerprint density at radius 2 is 1.90 bits per heavy atom. The van der Waals surface area contributed by atoms with Gasteiger partial charge in [-0.3, -0.25) is 14.7 Å². The SMILES string of the molecule is Cc1nc(C2CCN(Cc3cccnc3)CC2)ncc1C(=O)Nc1ccccc1.